The van der Waals surface area contributed by atoms with Gasteiger partial charge in [0, 0.05) is 0 Å². The minimum atomic E-state index is -3.06. The summed E-state index contributed by atoms with van der Waals surface area (Å²) >= 11 is 0. The number of hydrogen-bond acceptors (Lipinski definition) is 5. The molecular weight excluding hydrogens is 181 g/mol. The van der Waals surface area contributed by atoms with Gasteiger partial charge in [0.15, 0.2) is 11.6 Å². The van der Waals surface area contributed by atoms with Crippen LogP contribution in [0.15, 0.2) is 27.8 Å². The van der Waals surface area contributed by atoms with Gasteiger partial charge < -0.3 is 4.42 Å². The minimum absolute atomic E-state index is 0.0690. The highest BCUT2D eigenvalue weighted by Crippen LogP contribution is 2.53. The van der Waals surface area contributed by atoms with E-state index in [2.05, 4.69) is 4.95 Å². The van der Waals surface area contributed by atoms with Crippen molar-refractivity contribution in [3.63, 3.8) is 0 Å². The van der Waals surface area contributed by atoms with E-state index in [-0.39, 0.29) is 6.61 Å². The first-order valence-electron chi connectivity index (χ1n) is 3.25. The summed E-state index contributed by atoms with van der Waals surface area (Å²) in [4.78, 5) is 21.5. The second-order valence-electron chi connectivity index (χ2n) is 2.27. The van der Waals surface area contributed by atoms with E-state index in [1.807, 2.05) is 0 Å². The average molecular weight is 190 g/mol. The molecular formula is C6H9NO4P+. The number of furan rings is 1. The highest BCUT2D eigenvalue weighted by molar-refractivity contribution is 7.63. The van der Waals surface area contributed by atoms with Crippen LogP contribution in [0.4, 0.5) is 0 Å². The smallest absolute Gasteiger partial charge is 0.436 e. The quantitative estimate of drug-likeness (QED) is 0.581. The topological polar surface area (TPSA) is 72.0 Å². The molecule has 1 atom stereocenters. The highest BCUT2D eigenvalue weighted by atomic mass is 31.2. The molecule has 0 aliphatic carbocycles. The van der Waals surface area contributed by atoms with E-state index in [9.17, 15) is 4.91 Å². The van der Waals surface area contributed by atoms with Gasteiger partial charge in [-0.15, -0.1) is 4.91 Å². The van der Waals surface area contributed by atoms with Crippen molar-refractivity contribution < 1.29 is 13.8 Å². The number of nitrogens with zero attached hydrogens (tertiary/aromatic N) is 1. The molecule has 0 saturated heterocycles. The molecule has 5 nitrogen and oxygen atoms in total. The van der Waals surface area contributed by atoms with E-state index in [0.717, 1.165) is 0 Å². The fraction of sp³-hybridized carbons (Fsp3) is 0.333. The maximum Gasteiger partial charge on any atom is 0.436 e. The van der Waals surface area contributed by atoms with Crippen LogP contribution in [0.25, 0.3) is 0 Å². The van der Waals surface area contributed by atoms with Gasteiger partial charge in [0.05, 0.1) is 6.26 Å². The Hall–Kier alpha value is -0.770. The second kappa shape index (κ2) is 3.76. The Morgan fingerprint density at radius 3 is 3.08 bits per heavy atom. The summed E-state index contributed by atoms with van der Waals surface area (Å²) in [7, 11) is -3.06. The molecule has 1 aromatic rings. The first-order chi connectivity index (χ1) is 5.64. The maximum absolute atomic E-state index is 9.98. The Morgan fingerprint density at radius 2 is 2.58 bits per heavy atom. The van der Waals surface area contributed by atoms with Gasteiger partial charge in [-0.1, -0.05) is 0 Å². The summed E-state index contributed by atoms with van der Waals surface area (Å²) < 4.78 is 9.73. The van der Waals surface area contributed by atoms with Crippen molar-refractivity contribution in [3.8, 4) is 0 Å². The maximum atomic E-state index is 9.98. The van der Waals surface area contributed by atoms with Crippen molar-refractivity contribution in [1.29, 1.82) is 0 Å². The molecule has 12 heavy (non-hydrogen) atoms. The lowest BCUT2D eigenvalue weighted by Gasteiger charge is -2.01. The molecule has 6 heteroatoms. The molecule has 0 radical (unpaired) electrons. The number of rotatable bonds is 4. The SMILES string of the molecule is C[P+](O)(N=O)OCc1ccco1. The first-order valence-corrected chi connectivity index (χ1v) is 5.31. The summed E-state index contributed by atoms with van der Waals surface area (Å²) in [6, 6.07) is 3.38. The molecule has 0 spiro atoms. The molecule has 1 unspecified atom stereocenters. The first kappa shape index (κ1) is 9.32. The van der Waals surface area contributed by atoms with Gasteiger partial charge in [-0.3, -0.25) is 0 Å². The highest BCUT2D eigenvalue weighted by Gasteiger charge is 2.34. The van der Waals surface area contributed by atoms with E-state index in [4.69, 9.17) is 13.8 Å². The summed E-state index contributed by atoms with van der Waals surface area (Å²) in [6.45, 7) is 1.34. The van der Waals surface area contributed by atoms with Crippen molar-refractivity contribution in [2.75, 3.05) is 6.66 Å². The largest absolute Gasteiger partial charge is 0.467 e. The lowest BCUT2D eigenvalue weighted by atomic mass is 10.5. The van der Waals surface area contributed by atoms with Crippen molar-refractivity contribution in [1.82, 2.24) is 0 Å². The van der Waals surface area contributed by atoms with Gasteiger partial charge in [0.1, 0.15) is 12.4 Å². The van der Waals surface area contributed by atoms with Crippen LogP contribution in [0.3, 0.4) is 0 Å². The Morgan fingerprint density at radius 1 is 1.83 bits per heavy atom. The van der Waals surface area contributed by atoms with E-state index < -0.39 is 7.87 Å². The van der Waals surface area contributed by atoms with Crippen molar-refractivity contribution in [2.24, 2.45) is 4.95 Å². The van der Waals surface area contributed by atoms with Crippen LogP contribution in [-0.4, -0.2) is 11.6 Å². The monoisotopic (exact) mass is 190 g/mol. The van der Waals surface area contributed by atoms with E-state index in [0.29, 0.717) is 5.76 Å². The summed E-state index contributed by atoms with van der Waals surface area (Å²) in [6.07, 6.45) is 1.49. The van der Waals surface area contributed by atoms with E-state index >= 15 is 0 Å². The van der Waals surface area contributed by atoms with Crippen LogP contribution in [0.2, 0.25) is 0 Å². The van der Waals surface area contributed by atoms with E-state index in [1.165, 1.54) is 12.9 Å². The summed E-state index contributed by atoms with van der Waals surface area (Å²) in [5.74, 6) is 0.555. The third kappa shape index (κ3) is 2.70. The molecule has 0 aromatic carbocycles. The number of hydrogen-bond donors (Lipinski definition) is 1. The van der Waals surface area contributed by atoms with Crippen LogP contribution in [0.5, 0.6) is 0 Å². The normalized spacial score (nSPS) is 15.5. The molecule has 66 valence electrons. The Labute approximate surface area is 69.9 Å². The van der Waals surface area contributed by atoms with Gasteiger partial charge in [0.25, 0.3) is 0 Å². The minimum Gasteiger partial charge on any atom is -0.467 e. The predicted octanol–water partition coefficient (Wildman–Crippen LogP) is 1.95. The third-order valence-electron chi connectivity index (χ3n) is 1.18. The van der Waals surface area contributed by atoms with Gasteiger partial charge >= 0.3 is 7.87 Å². The molecule has 1 rings (SSSR count). The fourth-order valence-electron chi connectivity index (χ4n) is 0.604. The Balaban J connectivity index is 2.41. The lowest BCUT2D eigenvalue weighted by molar-refractivity contribution is 0.255. The molecule has 1 aromatic heterocycles. The number of nitroso groups, excluding NO2 is 1. The zero-order valence-electron chi connectivity index (χ0n) is 6.51. The van der Waals surface area contributed by atoms with Gasteiger partial charge in [0.2, 0.25) is 0 Å². The van der Waals surface area contributed by atoms with Gasteiger partial charge in [-0.05, 0) is 12.1 Å². The molecule has 0 saturated carbocycles. The molecule has 0 bridgehead atoms. The van der Waals surface area contributed by atoms with Crippen molar-refractivity contribution in [2.45, 2.75) is 6.61 Å². The fourth-order valence-corrected chi connectivity index (χ4v) is 1.02. The lowest BCUT2D eigenvalue weighted by Crippen LogP contribution is -1.92. The molecule has 1 N–H and O–H groups in total. The average Bonchev–Trinajstić information content (AvgIpc) is 2.53. The molecule has 1 heterocycles. The Bertz CT molecular complexity index is 246. The standard InChI is InChI=1S/C6H9NO4P/c1-12(9,7-8)11-5-6-3-2-4-10-6/h2-4,9H,5H2,1H3/q+1. The van der Waals surface area contributed by atoms with Crippen LogP contribution in [0.1, 0.15) is 5.76 Å². The molecule has 0 fully saturated rings. The zero-order valence-corrected chi connectivity index (χ0v) is 7.40. The van der Waals surface area contributed by atoms with Crippen LogP contribution in [-0.2, 0) is 11.1 Å². The van der Waals surface area contributed by atoms with Crippen molar-refractivity contribution in [3.05, 3.63) is 29.1 Å². The van der Waals surface area contributed by atoms with Crippen LogP contribution >= 0.6 is 7.87 Å². The summed E-state index contributed by atoms with van der Waals surface area (Å²) in [5.41, 5.74) is 0. The van der Waals surface area contributed by atoms with Gasteiger partial charge in [-0.25, -0.2) is 0 Å². The van der Waals surface area contributed by atoms with Crippen LogP contribution in [0, 0.1) is 4.91 Å². The van der Waals surface area contributed by atoms with Gasteiger partial charge in [-0.2, -0.15) is 9.42 Å². The predicted molar refractivity (Wildman–Crippen MR) is 44.4 cm³/mol. The zero-order chi connectivity index (χ0) is 9.03. The van der Waals surface area contributed by atoms with Crippen molar-refractivity contribution >= 4 is 7.87 Å². The second-order valence-corrected chi connectivity index (χ2v) is 4.36. The third-order valence-corrected chi connectivity index (χ3v) is 2.10. The molecule has 0 aliphatic rings. The summed E-state index contributed by atoms with van der Waals surface area (Å²) in [5, 5.41) is 0. The van der Waals surface area contributed by atoms with E-state index in [1.54, 1.807) is 12.1 Å². The van der Waals surface area contributed by atoms with Crippen LogP contribution < -0.4 is 0 Å². The molecule has 0 amide bonds. The Kier molecular flexibility index (Phi) is 2.92. The molecule has 0 aliphatic heterocycles.